The van der Waals surface area contributed by atoms with Crippen LogP contribution < -0.4 is 16.0 Å². The van der Waals surface area contributed by atoms with Crippen molar-refractivity contribution >= 4 is 23.9 Å². The first kappa shape index (κ1) is 24.9. The first-order valence-electron chi connectivity index (χ1n) is 11.3. The minimum atomic E-state index is -1.28. The predicted octanol–water partition coefficient (Wildman–Crippen LogP) is 0.710. The van der Waals surface area contributed by atoms with E-state index in [-0.39, 0.29) is 30.9 Å². The number of likely N-dealkylation sites (tertiary alicyclic amines) is 1. The van der Waals surface area contributed by atoms with Crippen LogP contribution in [-0.2, 0) is 19.1 Å². The number of carboxylic acids is 1. The van der Waals surface area contributed by atoms with Gasteiger partial charge in [-0.15, -0.1) is 0 Å². The van der Waals surface area contributed by atoms with E-state index in [0.29, 0.717) is 38.3 Å². The van der Waals surface area contributed by atoms with Crippen LogP contribution in [0, 0.1) is 11.8 Å². The van der Waals surface area contributed by atoms with Gasteiger partial charge in [-0.2, -0.15) is 0 Å². The second kappa shape index (κ2) is 13.1. The van der Waals surface area contributed by atoms with E-state index in [9.17, 15) is 24.3 Å². The van der Waals surface area contributed by atoms with E-state index in [2.05, 4.69) is 16.0 Å². The standard InChI is InChI=1S/C21H36N4O6/c1-2-12-31-21(30)24-17(20(28)29)13-23-19(27)16-4-3-11-25(14-16)18(26)6-5-15-7-9-22-10-8-15/h15-17,22H,2-14H2,1H3,(H,23,27)(H,24,30)(H,28,29)/t16-,17+/m1/s1. The second-order valence-electron chi connectivity index (χ2n) is 8.33. The molecule has 2 heterocycles. The van der Waals surface area contributed by atoms with Crippen molar-refractivity contribution in [2.75, 3.05) is 39.3 Å². The van der Waals surface area contributed by atoms with Gasteiger partial charge in [0.2, 0.25) is 11.8 Å². The van der Waals surface area contributed by atoms with Gasteiger partial charge in [-0.3, -0.25) is 9.59 Å². The van der Waals surface area contributed by atoms with Gasteiger partial charge >= 0.3 is 12.1 Å². The Morgan fingerprint density at radius 2 is 1.94 bits per heavy atom. The molecule has 2 aliphatic heterocycles. The Kier molecular flexibility index (Phi) is 10.6. The Labute approximate surface area is 183 Å². The maximum absolute atomic E-state index is 12.6. The molecule has 0 aromatic carbocycles. The van der Waals surface area contributed by atoms with Crippen LogP contribution in [-0.4, -0.2) is 79.3 Å². The number of carboxylic acid groups (broad SMARTS) is 1. The molecule has 31 heavy (non-hydrogen) atoms. The van der Waals surface area contributed by atoms with Crippen LogP contribution in [0.1, 0.15) is 51.9 Å². The van der Waals surface area contributed by atoms with Crippen molar-refractivity contribution in [1.82, 2.24) is 20.9 Å². The molecule has 2 atom stereocenters. The molecule has 0 aromatic rings. The highest BCUT2D eigenvalue weighted by Gasteiger charge is 2.30. The summed E-state index contributed by atoms with van der Waals surface area (Å²) in [6, 6.07) is -1.28. The molecule has 2 saturated heterocycles. The molecular weight excluding hydrogens is 404 g/mol. The van der Waals surface area contributed by atoms with Crippen molar-refractivity contribution in [2.24, 2.45) is 11.8 Å². The zero-order valence-corrected chi connectivity index (χ0v) is 18.4. The number of aliphatic carboxylic acids is 1. The minimum absolute atomic E-state index is 0.0831. The van der Waals surface area contributed by atoms with Gasteiger partial charge in [-0.1, -0.05) is 6.92 Å². The number of nitrogens with zero attached hydrogens (tertiary/aromatic N) is 1. The van der Waals surface area contributed by atoms with E-state index in [1.165, 1.54) is 0 Å². The normalized spacial score (nSPS) is 20.5. The van der Waals surface area contributed by atoms with Gasteiger partial charge in [0.15, 0.2) is 0 Å². The fourth-order valence-corrected chi connectivity index (χ4v) is 4.00. The summed E-state index contributed by atoms with van der Waals surface area (Å²) in [6.45, 7) is 4.79. The molecule has 10 heteroatoms. The van der Waals surface area contributed by atoms with Crippen molar-refractivity contribution in [1.29, 1.82) is 0 Å². The van der Waals surface area contributed by atoms with Crippen molar-refractivity contribution in [3.05, 3.63) is 0 Å². The van der Waals surface area contributed by atoms with Gasteiger partial charge in [0.25, 0.3) is 0 Å². The number of rotatable bonds is 10. The highest BCUT2D eigenvalue weighted by Crippen LogP contribution is 2.21. The van der Waals surface area contributed by atoms with Crippen LogP contribution in [0.3, 0.4) is 0 Å². The van der Waals surface area contributed by atoms with E-state index < -0.39 is 18.1 Å². The maximum Gasteiger partial charge on any atom is 0.407 e. The number of ether oxygens (including phenoxy) is 1. The SMILES string of the molecule is CCCOC(=O)N[C@@H](CNC(=O)[C@@H]1CCCN(C(=O)CCC2CCNCC2)C1)C(=O)O. The van der Waals surface area contributed by atoms with Gasteiger partial charge < -0.3 is 30.7 Å². The van der Waals surface area contributed by atoms with Gasteiger partial charge in [-0.25, -0.2) is 9.59 Å². The van der Waals surface area contributed by atoms with E-state index in [1.807, 2.05) is 6.92 Å². The molecule has 0 aromatic heterocycles. The summed E-state index contributed by atoms with van der Waals surface area (Å²) in [5, 5.41) is 17.4. The lowest BCUT2D eigenvalue weighted by atomic mass is 9.92. The van der Waals surface area contributed by atoms with E-state index >= 15 is 0 Å². The topological polar surface area (TPSA) is 137 Å². The third-order valence-electron chi connectivity index (χ3n) is 5.88. The summed E-state index contributed by atoms with van der Waals surface area (Å²) < 4.78 is 4.83. The lowest BCUT2D eigenvalue weighted by Crippen LogP contribution is -2.51. The van der Waals surface area contributed by atoms with E-state index in [4.69, 9.17) is 4.74 Å². The summed E-state index contributed by atoms with van der Waals surface area (Å²) in [5.41, 5.74) is 0. The van der Waals surface area contributed by atoms with Gasteiger partial charge in [0.1, 0.15) is 6.04 Å². The molecule has 10 nitrogen and oxygen atoms in total. The Hall–Kier alpha value is -2.36. The summed E-state index contributed by atoms with van der Waals surface area (Å²) in [4.78, 5) is 49.9. The molecule has 0 unspecified atom stereocenters. The number of hydrogen-bond acceptors (Lipinski definition) is 6. The third-order valence-corrected chi connectivity index (χ3v) is 5.88. The van der Waals surface area contributed by atoms with Gasteiger partial charge in [0.05, 0.1) is 12.5 Å². The van der Waals surface area contributed by atoms with E-state index in [0.717, 1.165) is 38.8 Å². The van der Waals surface area contributed by atoms with Crippen molar-refractivity contribution in [3.8, 4) is 0 Å². The van der Waals surface area contributed by atoms with Crippen LogP contribution in [0.4, 0.5) is 4.79 Å². The zero-order chi connectivity index (χ0) is 22.6. The Bertz CT molecular complexity index is 623. The predicted molar refractivity (Wildman–Crippen MR) is 113 cm³/mol. The lowest BCUT2D eigenvalue weighted by Gasteiger charge is -2.33. The minimum Gasteiger partial charge on any atom is -0.480 e. The van der Waals surface area contributed by atoms with Crippen LogP contribution in [0.25, 0.3) is 0 Å². The first-order valence-corrected chi connectivity index (χ1v) is 11.3. The number of carbonyl (C=O) groups is 4. The Morgan fingerprint density at radius 3 is 2.61 bits per heavy atom. The largest absolute Gasteiger partial charge is 0.480 e. The highest BCUT2D eigenvalue weighted by molar-refractivity contribution is 5.83. The van der Waals surface area contributed by atoms with E-state index in [1.54, 1.807) is 4.90 Å². The summed E-state index contributed by atoms with van der Waals surface area (Å²) in [6.07, 6.45) is 4.77. The molecule has 0 radical (unpaired) electrons. The molecular formula is C21H36N4O6. The average molecular weight is 441 g/mol. The monoisotopic (exact) mass is 440 g/mol. The zero-order valence-electron chi connectivity index (χ0n) is 18.4. The molecule has 176 valence electrons. The number of amides is 3. The molecule has 0 bridgehead atoms. The Morgan fingerprint density at radius 1 is 1.19 bits per heavy atom. The van der Waals surface area contributed by atoms with Crippen LogP contribution >= 0.6 is 0 Å². The molecule has 2 aliphatic rings. The number of carbonyl (C=O) groups excluding carboxylic acids is 3. The molecule has 0 spiro atoms. The highest BCUT2D eigenvalue weighted by atomic mass is 16.5. The smallest absolute Gasteiger partial charge is 0.407 e. The van der Waals surface area contributed by atoms with Crippen LogP contribution in [0.5, 0.6) is 0 Å². The van der Waals surface area contributed by atoms with Gasteiger partial charge in [0, 0.05) is 26.1 Å². The molecule has 4 N–H and O–H groups in total. The summed E-state index contributed by atoms with van der Waals surface area (Å²) in [7, 11) is 0. The van der Waals surface area contributed by atoms with Crippen molar-refractivity contribution in [2.45, 2.75) is 57.9 Å². The fraction of sp³-hybridized carbons (Fsp3) is 0.810. The quantitative estimate of drug-likeness (QED) is 0.393. The second-order valence-corrected chi connectivity index (χ2v) is 8.33. The molecule has 0 saturated carbocycles. The third kappa shape index (κ3) is 8.72. The molecule has 0 aliphatic carbocycles. The fourth-order valence-electron chi connectivity index (χ4n) is 4.00. The number of alkyl carbamates (subject to hydrolysis) is 1. The maximum atomic E-state index is 12.6. The number of piperidine rings is 2. The van der Waals surface area contributed by atoms with Crippen molar-refractivity contribution < 1.29 is 29.0 Å². The molecule has 3 amide bonds. The first-order chi connectivity index (χ1) is 14.9. The number of hydrogen-bond donors (Lipinski definition) is 4. The van der Waals surface area contributed by atoms with Gasteiger partial charge in [-0.05, 0) is 57.5 Å². The summed E-state index contributed by atoms with van der Waals surface area (Å²) in [5.74, 6) is -1.27. The average Bonchev–Trinajstić information content (AvgIpc) is 2.79. The lowest BCUT2D eigenvalue weighted by molar-refractivity contribution is -0.139. The molecule has 2 fully saturated rings. The van der Waals surface area contributed by atoms with Crippen LogP contribution in [0.15, 0.2) is 0 Å². The Balaban J connectivity index is 1.76. The molecule has 2 rings (SSSR count). The van der Waals surface area contributed by atoms with Crippen LogP contribution in [0.2, 0.25) is 0 Å². The summed E-state index contributed by atoms with van der Waals surface area (Å²) >= 11 is 0. The van der Waals surface area contributed by atoms with Crippen molar-refractivity contribution in [3.63, 3.8) is 0 Å². The number of nitrogens with one attached hydrogen (secondary N) is 3.